The van der Waals surface area contributed by atoms with E-state index in [1.807, 2.05) is 0 Å². The number of rotatable bonds is 5. The summed E-state index contributed by atoms with van der Waals surface area (Å²) in [6.45, 7) is 1.34. The molecule has 1 heterocycles. The Hall–Kier alpha value is -4.74. The second-order valence-electron chi connectivity index (χ2n) is 7.17. The van der Waals surface area contributed by atoms with E-state index in [1.165, 1.54) is 13.0 Å². The van der Waals surface area contributed by atoms with Crippen LogP contribution in [-0.4, -0.2) is 9.91 Å². The molecule has 0 fully saturated rings. The van der Waals surface area contributed by atoms with E-state index >= 15 is 0 Å². The van der Waals surface area contributed by atoms with Crippen molar-refractivity contribution in [2.45, 2.75) is 19.3 Å². The van der Waals surface area contributed by atoms with Gasteiger partial charge in [0.05, 0.1) is 27.3 Å². The molecule has 0 aliphatic carbocycles. The summed E-state index contributed by atoms with van der Waals surface area (Å²) in [5.41, 5.74) is 1.41. The Balaban J connectivity index is 2.03. The molecule has 0 saturated heterocycles. The molecule has 9 nitrogen and oxygen atoms in total. The third-order valence-corrected chi connectivity index (χ3v) is 4.76. The lowest BCUT2D eigenvalue weighted by atomic mass is 10.1. The summed E-state index contributed by atoms with van der Waals surface area (Å²) in [6, 6.07) is 7.71. The maximum Gasteiger partial charge on any atom is 0.418 e. The van der Waals surface area contributed by atoms with Crippen LogP contribution in [0, 0.1) is 28.4 Å². The standard InChI is InChI=1S/C21H13F6N7O2/c1-10-14(9-28)19(30-12-4-2-3-11(7-12)20(22,23)24)31-18(29)17(10)33-32-16-6-5-13(34(35)36)8-15(16)21(25,26)27/h2-8H,1H3,(H3,29,30,31). The molecule has 36 heavy (non-hydrogen) atoms. The number of nitrogens with zero attached hydrogens (tertiary/aromatic N) is 5. The summed E-state index contributed by atoms with van der Waals surface area (Å²) in [7, 11) is 0. The number of nitrogens with one attached hydrogen (secondary N) is 1. The second kappa shape index (κ2) is 9.49. The minimum atomic E-state index is -4.99. The summed E-state index contributed by atoms with van der Waals surface area (Å²) in [6.07, 6.45) is -9.61. The molecule has 186 valence electrons. The molecule has 15 heteroatoms. The van der Waals surface area contributed by atoms with Crippen molar-refractivity contribution in [1.29, 1.82) is 5.26 Å². The summed E-state index contributed by atoms with van der Waals surface area (Å²) in [5.74, 6) is -0.600. The fraction of sp³-hybridized carbons (Fsp3) is 0.143. The van der Waals surface area contributed by atoms with E-state index in [9.17, 15) is 41.7 Å². The van der Waals surface area contributed by atoms with Crippen LogP contribution in [0.15, 0.2) is 52.7 Å². The van der Waals surface area contributed by atoms with E-state index in [0.29, 0.717) is 6.07 Å². The highest BCUT2D eigenvalue weighted by molar-refractivity contribution is 5.75. The van der Waals surface area contributed by atoms with Gasteiger partial charge in [0.1, 0.15) is 11.8 Å². The van der Waals surface area contributed by atoms with Crippen LogP contribution < -0.4 is 11.1 Å². The van der Waals surface area contributed by atoms with Crippen LogP contribution in [0.4, 0.5) is 60.7 Å². The van der Waals surface area contributed by atoms with Gasteiger partial charge in [0.25, 0.3) is 5.69 Å². The number of hydrogen-bond acceptors (Lipinski definition) is 8. The monoisotopic (exact) mass is 509 g/mol. The Morgan fingerprint density at radius 2 is 1.78 bits per heavy atom. The Kier molecular flexibility index (Phi) is 6.82. The van der Waals surface area contributed by atoms with Crippen LogP contribution in [0.5, 0.6) is 0 Å². The van der Waals surface area contributed by atoms with E-state index in [-0.39, 0.29) is 34.1 Å². The number of hydrogen-bond donors (Lipinski definition) is 2. The van der Waals surface area contributed by atoms with Gasteiger partial charge in [-0.25, -0.2) is 4.98 Å². The summed E-state index contributed by atoms with van der Waals surface area (Å²) in [4.78, 5) is 13.7. The van der Waals surface area contributed by atoms with Gasteiger partial charge in [0.2, 0.25) is 0 Å². The fourth-order valence-corrected chi connectivity index (χ4v) is 3.04. The topological polar surface area (TPSA) is 143 Å². The number of alkyl halides is 6. The number of nitro benzene ring substituents is 1. The lowest BCUT2D eigenvalue weighted by Crippen LogP contribution is -2.07. The van der Waals surface area contributed by atoms with Crippen LogP contribution in [0.25, 0.3) is 0 Å². The molecular weight excluding hydrogens is 496 g/mol. The van der Waals surface area contributed by atoms with Gasteiger partial charge in [-0.05, 0) is 31.2 Å². The minimum absolute atomic E-state index is 0.0266. The van der Waals surface area contributed by atoms with E-state index in [1.54, 1.807) is 6.07 Å². The Morgan fingerprint density at radius 3 is 2.36 bits per heavy atom. The molecule has 0 amide bonds. The highest BCUT2D eigenvalue weighted by Crippen LogP contribution is 2.40. The molecule has 1 aromatic heterocycles. The van der Waals surface area contributed by atoms with Gasteiger partial charge >= 0.3 is 12.4 Å². The number of benzene rings is 2. The first-order valence-corrected chi connectivity index (χ1v) is 9.64. The molecule has 0 aliphatic rings. The van der Waals surface area contributed by atoms with Crippen molar-refractivity contribution >= 4 is 34.4 Å². The SMILES string of the molecule is Cc1c(C#N)c(Nc2cccc(C(F)(F)F)c2)nc(N)c1N=Nc1ccc([N+](=O)[O-])cc1C(F)(F)F. The number of anilines is 3. The quantitative estimate of drug-likeness (QED) is 0.165. The smallest absolute Gasteiger partial charge is 0.382 e. The maximum absolute atomic E-state index is 13.4. The van der Waals surface area contributed by atoms with Crippen LogP contribution >= 0.6 is 0 Å². The first-order chi connectivity index (χ1) is 16.7. The zero-order valence-corrected chi connectivity index (χ0v) is 17.9. The largest absolute Gasteiger partial charge is 0.418 e. The molecule has 3 N–H and O–H groups in total. The second-order valence-corrected chi connectivity index (χ2v) is 7.17. The third kappa shape index (κ3) is 5.49. The highest BCUT2D eigenvalue weighted by Gasteiger charge is 2.35. The van der Waals surface area contributed by atoms with Crippen molar-refractivity contribution in [2.75, 3.05) is 11.1 Å². The summed E-state index contributed by atoms with van der Waals surface area (Å²) < 4.78 is 79.1. The maximum atomic E-state index is 13.4. The third-order valence-electron chi connectivity index (χ3n) is 4.76. The average molecular weight is 509 g/mol. The van der Waals surface area contributed by atoms with Gasteiger partial charge in [0, 0.05) is 23.4 Å². The highest BCUT2D eigenvalue weighted by atomic mass is 19.4. The molecule has 2 aromatic carbocycles. The van der Waals surface area contributed by atoms with Gasteiger partial charge < -0.3 is 11.1 Å². The Labute approximate surface area is 198 Å². The number of nitro groups is 1. The van der Waals surface area contributed by atoms with E-state index in [0.717, 1.165) is 30.3 Å². The molecule has 0 aliphatic heterocycles. The average Bonchev–Trinajstić information content (AvgIpc) is 2.78. The molecule has 3 rings (SSSR count). The predicted molar refractivity (Wildman–Crippen MR) is 115 cm³/mol. The molecule has 0 bridgehead atoms. The van der Waals surface area contributed by atoms with Gasteiger partial charge in [-0.2, -0.15) is 31.6 Å². The molecular formula is C21H13F6N7O2. The molecule has 0 saturated carbocycles. The lowest BCUT2D eigenvalue weighted by molar-refractivity contribution is -0.385. The summed E-state index contributed by atoms with van der Waals surface area (Å²) >= 11 is 0. The molecule has 0 unspecified atom stereocenters. The van der Waals surface area contributed by atoms with E-state index in [4.69, 9.17) is 5.73 Å². The molecule has 3 aromatic rings. The van der Waals surface area contributed by atoms with Crippen LogP contribution in [0.3, 0.4) is 0 Å². The van der Waals surface area contributed by atoms with E-state index in [2.05, 4.69) is 20.5 Å². The fourth-order valence-electron chi connectivity index (χ4n) is 3.04. The van der Waals surface area contributed by atoms with Crippen molar-refractivity contribution < 1.29 is 31.3 Å². The van der Waals surface area contributed by atoms with Crippen molar-refractivity contribution in [3.63, 3.8) is 0 Å². The van der Waals surface area contributed by atoms with Gasteiger partial charge in [0.15, 0.2) is 11.6 Å². The van der Waals surface area contributed by atoms with Crippen molar-refractivity contribution in [2.24, 2.45) is 10.2 Å². The van der Waals surface area contributed by atoms with E-state index < -0.39 is 39.8 Å². The number of nitrogens with two attached hydrogens (primary N) is 1. The van der Waals surface area contributed by atoms with Crippen molar-refractivity contribution in [1.82, 2.24) is 4.98 Å². The summed E-state index contributed by atoms with van der Waals surface area (Å²) in [5, 5.41) is 30.1. The zero-order chi connectivity index (χ0) is 26.8. The Morgan fingerprint density at radius 1 is 1.08 bits per heavy atom. The van der Waals surface area contributed by atoms with Crippen LogP contribution in [0.1, 0.15) is 22.3 Å². The zero-order valence-electron chi connectivity index (χ0n) is 17.9. The minimum Gasteiger partial charge on any atom is -0.382 e. The number of halogens is 6. The van der Waals surface area contributed by atoms with Gasteiger partial charge in [-0.3, -0.25) is 10.1 Å². The number of non-ortho nitro benzene ring substituents is 1. The van der Waals surface area contributed by atoms with Gasteiger partial charge in [-0.15, -0.1) is 10.2 Å². The normalized spacial score (nSPS) is 11.9. The number of aromatic nitrogens is 1. The van der Waals surface area contributed by atoms with Crippen molar-refractivity contribution in [3.05, 3.63) is 74.8 Å². The molecule has 0 spiro atoms. The van der Waals surface area contributed by atoms with Crippen molar-refractivity contribution in [3.8, 4) is 6.07 Å². The first kappa shape index (κ1) is 25.9. The predicted octanol–water partition coefficient (Wildman–Crippen LogP) is 6.95. The number of pyridine rings is 1. The molecule has 0 atom stereocenters. The first-order valence-electron chi connectivity index (χ1n) is 9.64. The molecule has 0 radical (unpaired) electrons. The lowest BCUT2D eigenvalue weighted by Gasteiger charge is -2.14. The number of azo groups is 1. The number of nitrogen functional groups attached to an aromatic ring is 1. The van der Waals surface area contributed by atoms with Crippen LogP contribution in [-0.2, 0) is 12.4 Å². The number of nitriles is 1. The van der Waals surface area contributed by atoms with Gasteiger partial charge in [-0.1, -0.05) is 6.07 Å². The van der Waals surface area contributed by atoms with Crippen LogP contribution in [0.2, 0.25) is 0 Å². The Bertz CT molecular complexity index is 1410.